The van der Waals surface area contributed by atoms with Crippen molar-refractivity contribution in [2.45, 2.75) is 51.0 Å². The third-order valence-corrected chi connectivity index (χ3v) is 8.70. The number of hydrogen-bond acceptors (Lipinski definition) is 10. The van der Waals surface area contributed by atoms with Crippen molar-refractivity contribution in [2.24, 2.45) is 0 Å². The molecule has 5 heterocycles. The van der Waals surface area contributed by atoms with E-state index in [-0.39, 0.29) is 13.0 Å². The number of benzene rings is 1. The number of carbonyl (C=O) groups excluding carboxylic acids is 1. The van der Waals surface area contributed by atoms with Crippen LogP contribution in [0.15, 0.2) is 42.7 Å². The lowest BCUT2D eigenvalue weighted by Crippen LogP contribution is -2.55. The number of piperazine rings is 1. The van der Waals surface area contributed by atoms with Crippen LogP contribution < -0.4 is 15.4 Å². The van der Waals surface area contributed by atoms with Crippen molar-refractivity contribution in [1.29, 1.82) is 5.26 Å². The summed E-state index contributed by atoms with van der Waals surface area (Å²) in [6, 6.07) is 12.2. The van der Waals surface area contributed by atoms with Crippen molar-refractivity contribution >= 4 is 28.3 Å². The number of fused-ring (bicyclic) bond motifs is 2. The molecular formula is C31H36FN9O2. The van der Waals surface area contributed by atoms with Gasteiger partial charge in [-0.05, 0) is 37.9 Å². The van der Waals surface area contributed by atoms with E-state index in [0.717, 1.165) is 52.9 Å². The Morgan fingerprint density at radius 2 is 2.02 bits per heavy atom. The van der Waals surface area contributed by atoms with Crippen LogP contribution in [0.2, 0.25) is 0 Å². The summed E-state index contributed by atoms with van der Waals surface area (Å²) in [5.41, 5.74) is 8.90. The normalized spacial score (nSPS) is 20.8. The molecule has 6 rings (SSSR count). The van der Waals surface area contributed by atoms with E-state index in [2.05, 4.69) is 45.4 Å². The van der Waals surface area contributed by atoms with Crippen molar-refractivity contribution < 1.29 is 13.9 Å². The van der Waals surface area contributed by atoms with Gasteiger partial charge >= 0.3 is 6.01 Å². The standard InChI is InChI=1S/C31H36FN9O2/c1-20(32)30(42)41-13-12-40(15-22(41)9-10-33)29-25-16-39(17-26-24-8-4-3-6-21(24)14-28(34)35-26)18-27(25)36-31(37-29)43-19-23-7-5-11-38(23)2/h3-4,6,8,14,22-23H,1,5,7,9,11-13,15-19H2,2H3,(H2,34,35)/t22-,23-/m0/s1. The molecule has 0 aliphatic carbocycles. The Balaban J connectivity index is 1.29. The highest BCUT2D eigenvalue weighted by Gasteiger charge is 2.36. The number of nitriles is 1. The van der Waals surface area contributed by atoms with Crippen LogP contribution in [0.1, 0.15) is 36.2 Å². The number of ether oxygens (including phenoxy) is 1. The highest BCUT2D eigenvalue weighted by Crippen LogP contribution is 2.34. The predicted molar refractivity (Wildman–Crippen MR) is 160 cm³/mol. The number of anilines is 2. The van der Waals surface area contributed by atoms with Gasteiger partial charge in [-0.15, -0.1) is 0 Å². The van der Waals surface area contributed by atoms with Gasteiger partial charge in [-0.3, -0.25) is 9.69 Å². The molecule has 0 bridgehead atoms. The Morgan fingerprint density at radius 3 is 2.79 bits per heavy atom. The smallest absolute Gasteiger partial charge is 0.318 e. The molecule has 2 aromatic heterocycles. The first kappa shape index (κ1) is 28.8. The summed E-state index contributed by atoms with van der Waals surface area (Å²) in [6.07, 6.45) is 2.27. The number of nitrogens with two attached hydrogens (primary N) is 1. The van der Waals surface area contributed by atoms with Gasteiger partial charge in [0.25, 0.3) is 5.91 Å². The SMILES string of the molecule is C=C(F)C(=O)N1CCN(c2nc(OC[C@@H]3CCCN3C)nc3c2CN(Cc2nc(N)cc4ccccc24)C3)C[C@@H]1CC#N. The molecule has 0 saturated carbocycles. The van der Waals surface area contributed by atoms with Crippen LogP contribution >= 0.6 is 0 Å². The zero-order valence-electron chi connectivity index (χ0n) is 24.4. The van der Waals surface area contributed by atoms with E-state index in [4.69, 9.17) is 20.4 Å². The lowest BCUT2D eigenvalue weighted by Gasteiger charge is -2.41. The van der Waals surface area contributed by atoms with Crippen molar-refractivity contribution in [1.82, 2.24) is 29.7 Å². The Bertz CT molecular complexity index is 1590. The largest absolute Gasteiger partial charge is 0.462 e. The Labute approximate surface area is 250 Å². The molecule has 43 heavy (non-hydrogen) atoms. The third kappa shape index (κ3) is 5.96. The highest BCUT2D eigenvalue weighted by molar-refractivity contribution is 5.91. The Hall–Kier alpha value is -4.34. The van der Waals surface area contributed by atoms with Gasteiger partial charge in [0, 0.05) is 56.3 Å². The van der Waals surface area contributed by atoms with Crippen LogP contribution in [0.5, 0.6) is 6.01 Å². The third-order valence-electron chi connectivity index (χ3n) is 8.70. The summed E-state index contributed by atoms with van der Waals surface area (Å²) < 4.78 is 20.0. The molecule has 12 heteroatoms. The molecule has 0 unspecified atom stereocenters. The topological polar surface area (TPSA) is 128 Å². The summed E-state index contributed by atoms with van der Waals surface area (Å²) in [7, 11) is 2.10. The molecule has 3 aliphatic heterocycles. The van der Waals surface area contributed by atoms with E-state index in [0.29, 0.717) is 57.2 Å². The molecular weight excluding hydrogens is 549 g/mol. The monoisotopic (exact) mass is 585 g/mol. The highest BCUT2D eigenvalue weighted by atomic mass is 19.1. The molecule has 2 saturated heterocycles. The number of hydrogen-bond donors (Lipinski definition) is 1. The Morgan fingerprint density at radius 1 is 1.19 bits per heavy atom. The van der Waals surface area contributed by atoms with E-state index in [1.807, 2.05) is 24.3 Å². The van der Waals surface area contributed by atoms with Gasteiger partial charge in [-0.2, -0.15) is 15.2 Å². The lowest BCUT2D eigenvalue weighted by molar-refractivity contribution is -0.131. The summed E-state index contributed by atoms with van der Waals surface area (Å²) in [6.45, 7) is 7.46. The van der Waals surface area contributed by atoms with Crippen LogP contribution in [-0.4, -0.2) is 87.5 Å². The van der Waals surface area contributed by atoms with Gasteiger partial charge in [0.15, 0.2) is 5.83 Å². The minimum Gasteiger partial charge on any atom is -0.462 e. The van der Waals surface area contributed by atoms with Crippen molar-refractivity contribution in [3.05, 3.63) is 59.7 Å². The van der Waals surface area contributed by atoms with E-state index in [1.54, 1.807) is 0 Å². The van der Waals surface area contributed by atoms with Crippen LogP contribution in [-0.2, 0) is 24.4 Å². The molecule has 224 valence electrons. The maximum atomic E-state index is 13.8. The zero-order chi connectivity index (χ0) is 30.1. The fourth-order valence-corrected chi connectivity index (χ4v) is 6.45. The second-order valence-electron chi connectivity index (χ2n) is 11.6. The predicted octanol–water partition coefficient (Wildman–Crippen LogP) is 3.01. The summed E-state index contributed by atoms with van der Waals surface area (Å²) in [5, 5.41) is 11.6. The number of rotatable bonds is 8. The van der Waals surface area contributed by atoms with Gasteiger partial charge in [0.05, 0.1) is 29.9 Å². The average molecular weight is 586 g/mol. The van der Waals surface area contributed by atoms with Crippen molar-refractivity contribution in [2.75, 3.05) is 50.5 Å². The molecule has 0 spiro atoms. The quantitative estimate of drug-likeness (QED) is 0.394. The minimum absolute atomic E-state index is 0.0699. The number of likely N-dealkylation sites (N-methyl/N-ethyl adjacent to an activating group) is 1. The number of halogens is 1. The van der Waals surface area contributed by atoms with Gasteiger partial charge in [-0.25, -0.2) is 9.37 Å². The van der Waals surface area contributed by atoms with E-state index in [1.165, 1.54) is 4.90 Å². The molecule has 2 N–H and O–H groups in total. The first-order valence-electron chi connectivity index (χ1n) is 14.7. The van der Waals surface area contributed by atoms with Crippen molar-refractivity contribution in [3.8, 4) is 12.1 Å². The Kier molecular flexibility index (Phi) is 8.10. The summed E-state index contributed by atoms with van der Waals surface area (Å²) >= 11 is 0. The van der Waals surface area contributed by atoms with Gasteiger partial charge < -0.3 is 25.2 Å². The number of carbonyl (C=O) groups is 1. The molecule has 2 atom stereocenters. The molecule has 2 fully saturated rings. The van der Waals surface area contributed by atoms with E-state index >= 15 is 0 Å². The number of nitrogens with zero attached hydrogens (tertiary/aromatic N) is 8. The first-order valence-corrected chi connectivity index (χ1v) is 14.7. The molecule has 1 aromatic carbocycles. The maximum Gasteiger partial charge on any atom is 0.318 e. The fourth-order valence-electron chi connectivity index (χ4n) is 6.45. The molecule has 0 radical (unpaired) electrons. The van der Waals surface area contributed by atoms with Crippen molar-refractivity contribution in [3.63, 3.8) is 0 Å². The van der Waals surface area contributed by atoms with Crippen LogP contribution in [0.4, 0.5) is 16.0 Å². The number of pyridine rings is 1. The minimum atomic E-state index is -1.02. The number of likely N-dealkylation sites (tertiary alicyclic amines) is 1. The zero-order valence-corrected chi connectivity index (χ0v) is 24.4. The van der Waals surface area contributed by atoms with Gasteiger partial charge in [0.1, 0.15) is 18.2 Å². The molecule has 3 aromatic rings. The number of amides is 1. The molecule has 11 nitrogen and oxygen atoms in total. The molecule has 3 aliphatic rings. The summed E-state index contributed by atoms with van der Waals surface area (Å²) in [4.78, 5) is 34.9. The second kappa shape index (κ2) is 12.1. The van der Waals surface area contributed by atoms with Crippen LogP contribution in [0, 0.1) is 11.3 Å². The lowest BCUT2D eigenvalue weighted by atomic mass is 10.1. The summed E-state index contributed by atoms with van der Waals surface area (Å²) in [5.74, 6) is -0.595. The van der Waals surface area contributed by atoms with Gasteiger partial charge in [0.2, 0.25) is 0 Å². The van der Waals surface area contributed by atoms with Crippen LogP contribution in [0.3, 0.4) is 0 Å². The van der Waals surface area contributed by atoms with Gasteiger partial charge in [-0.1, -0.05) is 30.8 Å². The number of aromatic nitrogens is 3. The van der Waals surface area contributed by atoms with E-state index < -0.39 is 17.8 Å². The average Bonchev–Trinajstić information content (AvgIpc) is 3.60. The van der Waals surface area contributed by atoms with E-state index in [9.17, 15) is 14.4 Å². The maximum absolute atomic E-state index is 13.8. The fraction of sp³-hybridized carbons (Fsp3) is 0.452. The number of nitrogen functional groups attached to an aromatic ring is 1. The second-order valence-corrected chi connectivity index (χ2v) is 11.6. The first-order chi connectivity index (χ1) is 20.8. The molecule has 1 amide bonds. The van der Waals surface area contributed by atoms with Crippen LogP contribution in [0.25, 0.3) is 10.8 Å².